The first kappa shape index (κ1) is 15.1. The molecule has 3 aromatic rings. The summed E-state index contributed by atoms with van der Waals surface area (Å²) in [5, 5.41) is 16.4. The van der Waals surface area contributed by atoms with Gasteiger partial charge in [-0.05, 0) is 30.3 Å². The largest absolute Gasteiger partial charge is 0.506 e. The minimum absolute atomic E-state index is 0.0875. The van der Waals surface area contributed by atoms with Crippen LogP contribution in [-0.2, 0) is 0 Å². The van der Waals surface area contributed by atoms with Gasteiger partial charge in [0.2, 0.25) is 5.95 Å². The first-order valence-electron chi connectivity index (χ1n) is 6.88. The standard InChI is InChI=1S/C16H14ClN5O/c1-18-16-21-12(10-4-6-19-7-5-10)9-15(22-16)20-13-8-11(17)2-3-14(13)23/h2-9,23H,1H3,(H2,18,20,21,22). The Balaban J connectivity index is 2.00. The van der Waals surface area contributed by atoms with Crippen molar-refractivity contribution >= 4 is 29.1 Å². The summed E-state index contributed by atoms with van der Waals surface area (Å²) < 4.78 is 0. The highest BCUT2D eigenvalue weighted by molar-refractivity contribution is 6.30. The lowest BCUT2D eigenvalue weighted by Gasteiger charge is -2.11. The molecule has 0 fully saturated rings. The molecule has 0 saturated heterocycles. The molecule has 0 radical (unpaired) electrons. The number of pyridine rings is 1. The zero-order valence-electron chi connectivity index (χ0n) is 12.3. The van der Waals surface area contributed by atoms with Gasteiger partial charge in [0.25, 0.3) is 0 Å². The molecule has 23 heavy (non-hydrogen) atoms. The van der Waals surface area contributed by atoms with E-state index >= 15 is 0 Å². The van der Waals surface area contributed by atoms with Gasteiger partial charge in [-0.2, -0.15) is 4.98 Å². The molecule has 7 heteroatoms. The van der Waals surface area contributed by atoms with E-state index in [1.807, 2.05) is 12.1 Å². The maximum atomic E-state index is 9.92. The van der Waals surface area contributed by atoms with Crippen molar-refractivity contribution in [2.24, 2.45) is 0 Å². The number of nitrogens with zero attached hydrogens (tertiary/aromatic N) is 3. The van der Waals surface area contributed by atoms with Crippen molar-refractivity contribution in [1.82, 2.24) is 15.0 Å². The molecule has 0 aliphatic carbocycles. The highest BCUT2D eigenvalue weighted by Gasteiger charge is 2.08. The summed E-state index contributed by atoms with van der Waals surface area (Å²) in [5.74, 6) is 1.08. The smallest absolute Gasteiger partial charge is 0.224 e. The van der Waals surface area contributed by atoms with Crippen LogP contribution < -0.4 is 10.6 Å². The normalized spacial score (nSPS) is 10.3. The Hall–Kier alpha value is -2.86. The Morgan fingerprint density at radius 2 is 1.83 bits per heavy atom. The van der Waals surface area contributed by atoms with Gasteiger partial charge in [-0.15, -0.1) is 0 Å². The fraction of sp³-hybridized carbons (Fsp3) is 0.0625. The van der Waals surface area contributed by atoms with Crippen LogP contribution in [0.1, 0.15) is 0 Å². The third-order valence-corrected chi connectivity index (χ3v) is 3.38. The summed E-state index contributed by atoms with van der Waals surface area (Å²) in [5.41, 5.74) is 2.12. The van der Waals surface area contributed by atoms with E-state index in [-0.39, 0.29) is 5.75 Å². The molecule has 0 spiro atoms. The zero-order chi connectivity index (χ0) is 16.2. The number of phenols is 1. The van der Waals surface area contributed by atoms with Gasteiger partial charge < -0.3 is 15.7 Å². The summed E-state index contributed by atoms with van der Waals surface area (Å²) in [7, 11) is 1.74. The van der Waals surface area contributed by atoms with Crippen LogP contribution >= 0.6 is 11.6 Å². The first-order valence-corrected chi connectivity index (χ1v) is 7.26. The highest BCUT2D eigenvalue weighted by Crippen LogP contribution is 2.30. The van der Waals surface area contributed by atoms with Crippen LogP contribution in [0.5, 0.6) is 5.75 Å². The number of phenolic OH excluding ortho intramolecular Hbond substituents is 1. The molecule has 2 heterocycles. The average molecular weight is 328 g/mol. The van der Waals surface area contributed by atoms with Gasteiger partial charge in [-0.3, -0.25) is 4.98 Å². The van der Waals surface area contributed by atoms with E-state index in [1.165, 1.54) is 6.07 Å². The summed E-state index contributed by atoms with van der Waals surface area (Å²) in [6.45, 7) is 0. The molecular weight excluding hydrogens is 314 g/mol. The third kappa shape index (κ3) is 3.49. The maximum Gasteiger partial charge on any atom is 0.224 e. The first-order chi connectivity index (χ1) is 11.2. The molecule has 0 aliphatic heterocycles. The molecular formula is C16H14ClN5O. The molecule has 0 bridgehead atoms. The summed E-state index contributed by atoms with van der Waals surface area (Å²) in [4.78, 5) is 12.8. The van der Waals surface area contributed by atoms with Gasteiger partial charge in [0.05, 0.1) is 11.4 Å². The number of rotatable bonds is 4. The van der Waals surface area contributed by atoms with E-state index in [2.05, 4.69) is 25.6 Å². The lowest BCUT2D eigenvalue weighted by atomic mass is 10.2. The number of aromatic hydroxyl groups is 1. The van der Waals surface area contributed by atoms with E-state index in [9.17, 15) is 5.11 Å². The SMILES string of the molecule is CNc1nc(Nc2cc(Cl)ccc2O)cc(-c2ccncc2)n1. The van der Waals surface area contributed by atoms with Crippen molar-refractivity contribution in [2.45, 2.75) is 0 Å². The summed E-state index contributed by atoms with van der Waals surface area (Å²) >= 11 is 5.97. The number of aromatic nitrogens is 3. The minimum Gasteiger partial charge on any atom is -0.506 e. The highest BCUT2D eigenvalue weighted by atomic mass is 35.5. The number of hydrogen-bond donors (Lipinski definition) is 3. The molecule has 1 aromatic carbocycles. The Morgan fingerprint density at radius 1 is 1.04 bits per heavy atom. The monoisotopic (exact) mass is 327 g/mol. The Labute approximate surface area is 138 Å². The molecule has 0 atom stereocenters. The molecule has 3 N–H and O–H groups in total. The van der Waals surface area contributed by atoms with Gasteiger partial charge >= 0.3 is 0 Å². The van der Waals surface area contributed by atoms with Crippen LogP contribution in [0.4, 0.5) is 17.5 Å². The third-order valence-electron chi connectivity index (χ3n) is 3.15. The molecule has 0 unspecified atom stereocenters. The predicted molar refractivity (Wildman–Crippen MR) is 91.2 cm³/mol. The lowest BCUT2D eigenvalue weighted by Crippen LogP contribution is -2.02. The lowest BCUT2D eigenvalue weighted by molar-refractivity contribution is 0.477. The van der Waals surface area contributed by atoms with Crippen LogP contribution in [0, 0.1) is 0 Å². The summed E-state index contributed by atoms with van der Waals surface area (Å²) in [6.07, 6.45) is 3.40. The predicted octanol–water partition coefficient (Wildman–Crippen LogP) is 3.68. The minimum atomic E-state index is 0.0875. The van der Waals surface area contributed by atoms with Gasteiger partial charge in [-0.25, -0.2) is 4.98 Å². The zero-order valence-corrected chi connectivity index (χ0v) is 13.0. The van der Waals surface area contributed by atoms with E-state index in [0.29, 0.717) is 22.5 Å². The van der Waals surface area contributed by atoms with Crippen LogP contribution in [0.25, 0.3) is 11.3 Å². The second-order valence-corrected chi connectivity index (χ2v) is 5.17. The van der Waals surface area contributed by atoms with Gasteiger partial charge in [0, 0.05) is 36.1 Å². The van der Waals surface area contributed by atoms with Crippen molar-refractivity contribution in [3.8, 4) is 17.0 Å². The number of hydrogen-bond acceptors (Lipinski definition) is 6. The van der Waals surface area contributed by atoms with Gasteiger partial charge in [-0.1, -0.05) is 11.6 Å². The molecule has 0 saturated carbocycles. The second kappa shape index (κ2) is 6.50. The molecule has 6 nitrogen and oxygen atoms in total. The fourth-order valence-electron chi connectivity index (χ4n) is 2.04. The second-order valence-electron chi connectivity index (χ2n) is 4.73. The molecule has 0 amide bonds. The van der Waals surface area contributed by atoms with Crippen LogP contribution in [-0.4, -0.2) is 27.1 Å². The Kier molecular flexibility index (Phi) is 4.25. The van der Waals surface area contributed by atoms with Gasteiger partial charge in [0.15, 0.2) is 0 Å². The Morgan fingerprint density at radius 3 is 2.57 bits per heavy atom. The Bertz CT molecular complexity index is 826. The van der Waals surface area contributed by atoms with Crippen molar-refractivity contribution in [1.29, 1.82) is 0 Å². The molecule has 2 aromatic heterocycles. The number of halogens is 1. The van der Waals surface area contributed by atoms with Crippen molar-refractivity contribution in [3.05, 3.63) is 53.8 Å². The van der Waals surface area contributed by atoms with Gasteiger partial charge in [0.1, 0.15) is 11.6 Å². The van der Waals surface area contributed by atoms with E-state index < -0.39 is 0 Å². The van der Waals surface area contributed by atoms with Crippen molar-refractivity contribution in [3.63, 3.8) is 0 Å². The number of nitrogens with one attached hydrogen (secondary N) is 2. The van der Waals surface area contributed by atoms with Crippen LogP contribution in [0.3, 0.4) is 0 Å². The average Bonchev–Trinajstić information content (AvgIpc) is 2.58. The quantitative estimate of drug-likeness (QED) is 0.634. The molecule has 116 valence electrons. The summed E-state index contributed by atoms with van der Waals surface area (Å²) in [6, 6.07) is 10.3. The fourth-order valence-corrected chi connectivity index (χ4v) is 2.21. The molecule has 3 rings (SSSR count). The van der Waals surface area contributed by atoms with E-state index in [1.54, 1.807) is 37.6 Å². The van der Waals surface area contributed by atoms with E-state index in [0.717, 1.165) is 11.3 Å². The van der Waals surface area contributed by atoms with E-state index in [4.69, 9.17) is 11.6 Å². The van der Waals surface area contributed by atoms with Crippen LogP contribution in [0.15, 0.2) is 48.8 Å². The number of anilines is 3. The van der Waals surface area contributed by atoms with Crippen molar-refractivity contribution in [2.75, 3.05) is 17.7 Å². The van der Waals surface area contributed by atoms with Crippen molar-refractivity contribution < 1.29 is 5.11 Å². The maximum absolute atomic E-state index is 9.92. The topological polar surface area (TPSA) is 83.0 Å². The molecule has 0 aliphatic rings. The van der Waals surface area contributed by atoms with Crippen LogP contribution in [0.2, 0.25) is 5.02 Å². The number of benzene rings is 1.